The van der Waals surface area contributed by atoms with E-state index in [1.165, 1.54) is 0 Å². The summed E-state index contributed by atoms with van der Waals surface area (Å²) in [5, 5.41) is 2.93. The molecule has 120 valence electrons. The summed E-state index contributed by atoms with van der Waals surface area (Å²) in [6.45, 7) is 9.66. The summed E-state index contributed by atoms with van der Waals surface area (Å²) < 4.78 is 5.60. The van der Waals surface area contributed by atoms with Crippen LogP contribution in [0.1, 0.15) is 47.0 Å². The average Bonchev–Trinajstić information content (AvgIpc) is 3.24. The van der Waals surface area contributed by atoms with Crippen LogP contribution in [0.3, 0.4) is 0 Å². The van der Waals surface area contributed by atoms with Crippen molar-refractivity contribution in [3.05, 3.63) is 0 Å². The quantitative estimate of drug-likeness (QED) is 0.725. The molecule has 1 aliphatic heterocycles. The Balaban J connectivity index is 1.90. The Labute approximate surface area is 127 Å². The van der Waals surface area contributed by atoms with E-state index in [-0.39, 0.29) is 11.8 Å². The second kappa shape index (κ2) is 6.34. The minimum absolute atomic E-state index is 0.0459. The molecular formula is C16H28N2O3. The lowest BCUT2D eigenvalue weighted by molar-refractivity contribution is -0.155. The van der Waals surface area contributed by atoms with Gasteiger partial charge in [-0.2, -0.15) is 0 Å². The molecule has 0 radical (unpaired) electrons. The number of piperazine rings is 1. The summed E-state index contributed by atoms with van der Waals surface area (Å²) in [6, 6.07) is -0.405. The van der Waals surface area contributed by atoms with Crippen LogP contribution in [0.25, 0.3) is 0 Å². The van der Waals surface area contributed by atoms with Crippen molar-refractivity contribution in [2.45, 2.75) is 58.5 Å². The molecule has 2 unspecified atom stereocenters. The molecule has 5 heteroatoms. The topological polar surface area (TPSA) is 58.6 Å². The lowest BCUT2D eigenvalue weighted by Crippen LogP contribution is -2.69. The fraction of sp³-hybridized carbons (Fsp3) is 0.875. The van der Waals surface area contributed by atoms with E-state index >= 15 is 0 Å². The van der Waals surface area contributed by atoms with E-state index in [2.05, 4.69) is 19.2 Å². The summed E-state index contributed by atoms with van der Waals surface area (Å²) in [5.41, 5.74) is -0.707. The van der Waals surface area contributed by atoms with Gasteiger partial charge >= 0.3 is 0 Å². The molecule has 0 aromatic rings. The number of amides is 2. The largest absolute Gasteiger partial charge is 0.380 e. The Bertz CT molecular complexity index is 406. The van der Waals surface area contributed by atoms with E-state index < -0.39 is 11.6 Å². The Kier molecular flexibility index (Phi) is 4.91. The van der Waals surface area contributed by atoms with Crippen molar-refractivity contribution in [3.63, 3.8) is 0 Å². The third-order valence-electron chi connectivity index (χ3n) is 4.64. The lowest BCUT2D eigenvalue weighted by atomic mass is 9.90. The molecule has 1 aliphatic carbocycles. The zero-order chi connectivity index (χ0) is 15.6. The number of nitrogens with one attached hydrogen (secondary N) is 1. The molecule has 0 aromatic carbocycles. The van der Waals surface area contributed by atoms with Gasteiger partial charge in [-0.1, -0.05) is 13.8 Å². The summed E-state index contributed by atoms with van der Waals surface area (Å²) in [6.07, 6.45) is 3.06. The molecule has 1 N–H and O–H groups in total. The van der Waals surface area contributed by atoms with Gasteiger partial charge in [-0.15, -0.1) is 0 Å². The van der Waals surface area contributed by atoms with E-state index in [1.54, 1.807) is 11.8 Å². The number of carbonyl (C=O) groups is 2. The highest BCUT2D eigenvalue weighted by Gasteiger charge is 2.54. The Hall–Kier alpha value is -1.10. The third kappa shape index (κ3) is 3.57. The molecule has 0 spiro atoms. The van der Waals surface area contributed by atoms with Crippen molar-refractivity contribution < 1.29 is 14.3 Å². The predicted molar refractivity (Wildman–Crippen MR) is 80.7 cm³/mol. The first-order valence-electron chi connectivity index (χ1n) is 8.07. The molecular weight excluding hydrogens is 268 g/mol. The molecule has 21 heavy (non-hydrogen) atoms. The number of nitrogens with zero attached hydrogens (tertiary/aromatic N) is 1. The van der Waals surface area contributed by atoms with Crippen LogP contribution >= 0.6 is 0 Å². The minimum Gasteiger partial charge on any atom is -0.380 e. The first-order valence-corrected chi connectivity index (χ1v) is 8.07. The zero-order valence-electron chi connectivity index (χ0n) is 13.6. The summed E-state index contributed by atoms with van der Waals surface area (Å²) in [5.74, 6) is 0.908. The zero-order valence-corrected chi connectivity index (χ0v) is 13.6. The summed E-state index contributed by atoms with van der Waals surface area (Å²) >= 11 is 0. The molecule has 2 atom stereocenters. The van der Waals surface area contributed by atoms with Crippen molar-refractivity contribution in [3.8, 4) is 0 Å². The van der Waals surface area contributed by atoms with Crippen LogP contribution in [-0.4, -0.2) is 48.1 Å². The second-order valence-corrected chi connectivity index (χ2v) is 6.94. The molecule has 1 heterocycles. The predicted octanol–water partition coefficient (Wildman–Crippen LogP) is 1.56. The van der Waals surface area contributed by atoms with Crippen molar-refractivity contribution in [2.24, 2.45) is 11.8 Å². The highest BCUT2D eigenvalue weighted by Crippen LogP contribution is 2.42. The van der Waals surface area contributed by atoms with Gasteiger partial charge < -0.3 is 15.0 Å². The maximum absolute atomic E-state index is 12.7. The van der Waals surface area contributed by atoms with Crippen molar-refractivity contribution in [2.75, 3.05) is 19.8 Å². The van der Waals surface area contributed by atoms with Gasteiger partial charge in [0.2, 0.25) is 11.8 Å². The van der Waals surface area contributed by atoms with Gasteiger partial charge in [-0.25, -0.2) is 0 Å². The molecule has 0 bridgehead atoms. The fourth-order valence-corrected chi connectivity index (χ4v) is 2.85. The van der Waals surface area contributed by atoms with Crippen LogP contribution in [0.4, 0.5) is 0 Å². The van der Waals surface area contributed by atoms with Crippen molar-refractivity contribution >= 4 is 11.8 Å². The maximum Gasteiger partial charge on any atom is 0.249 e. The van der Waals surface area contributed by atoms with E-state index in [1.807, 2.05) is 6.92 Å². The van der Waals surface area contributed by atoms with Crippen LogP contribution in [0.2, 0.25) is 0 Å². The number of ether oxygens (including phenoxy) is 1. The molecule has 0 aromatic heterocycles. The van der Waals surface area contributed by atoms with E-state index in [0.29, 0.717) is 31.6 Å². The number of rotatable bonds is 7. The smallest absolute Gasteiger partial charge is 0.249 e. The molecule has 2 rings (SSSR count). The second-order valence-electron chi connectivity index (χ2n) is 6.94. The third-order valence-corrected chi connectivity index (χ3v) is 4.64. The van der Waals surface area contributed by atoms with E-state index in [0.717, 1.165) is 19.3 Å². The Morgan fingerprint density at radius 3 is 2.57 bits per heavy atom. The normalized spacial score (nSPS) is 30.0. The Morgan fingerprint density at radius 2 is 2.00 bits per heavy atom. The van der Waals surface area contributed by atoms with Crippen LogP contribution in [0.15, 0.2) is 0 Å². The monoisotopic (exact) mass is 296 g/mol. The van der Waals surface area contributed by atoms with Gasteiger partial charge in [0.05, 0.1) is 6.61 Å². The van der Waals surface area contributed by atoms with Gasteiger partial charge in [0.15, 0.2) is 0 Å². The maximum atomic E-state index is 12.7. The Morgan fingerprint density at radius 1 is 1.33 bits per heavy atom. The lowest BCUT2D eigenvalue weighted by Gasteiger charge is -2.43. The van der Waals surface area contributed by atoms with Gasteiger partial charge in [0, 0.05) is 13.2 Å². The minimum atomic E-state index is -0.707. The molecule has 2 fully saturated rings. The van der Waals surface area contributed by atoms with Gasteiger partial charge in [0.1, 0.15) is 11.6 Å². The van der Waals surface area contributed by atoms with Gasteiger partial charge in [-0.05, 0) is 44.9 Å². The van der Waals surface area contributed by atoms with Crippen LogP contribution in [-0.2, 0) is 14.3 Å². The van der Waals surface area contributed by atoms with Crippen molar-refractivity contribution in [1.82, 2.24) is 10.2 Å². The molecule has 1 saturated carbocycles. The fourth-order valence-electron chi connectivity index (χ4n) is 2.85. The first kappa shape index (κ1) is 16.3. The standard InChI is InChI=1S/C16H28N2O3/c1-11(2)7-9-21-10-8-18-12(3)14(19)17-16(4,15(18)20)13-5-6-13/h11-13H,5-10H2,1-4H3,(H,17,19). The average molecular weight is 296 g/mol. The molecule has 2 aliphatic rings. The molecule has 2 amide bonds. The van der Waals surface area contributed by atoms with Gasteiger partial charge in [0.25, 0.3) is 0 Å². The highest BCUT2D eigenvalue weighted by atomic mass is 16.5. The summed E-state index contributed by atoms with van der Waals surface area (Å²) in [4.78, 5) is 26.5. The van der Waals surface area contributed by atoms with Crippen LogP contribution in [0, 0.1) is 11.8 Å². The summed E-state index contributed by atoms with van der Waals surface area (Å²) in [7, 11) is 0. The van der Waals surface area contributed by atoms with Crippen molar-refractivity contribution in [1.29, 1.82) is 0 Å². The van der Waals surface area contributed by atoms with Crippen LogP contribution in [0.5, 0.6) is 0 Å². The highest BCUT2D eigenvalue weighted by molar-refractivity contribution is 5.99. The van der Waals surface area contributed by atoms with E-state index in [4.69, 9.17) is 4.74 Å². The molecule has 1 saturated heterocycles. The number of carbonyl (C=O) groups excluding carboxylic acids is 2. The van der Waals surface area contributed by atoms with Crippen LogP contribution < -0.4 is 5.32 Å². The molecule has 5 nitrogen and oxygen atoms in total. The number of hydrogen-bond acceptors (Lipinski definition) is 3. The SMILES string of the molecule is CC(C)CCOCCN1C(=O)C(C)(C2CC2)NC(=O)C1C. The number of hydrogen-bond donors (Lipinski definition) is 1. The van der Waals surface area contributed by atoms with E-state index in [9.17, 15) is 9.59 Å². The first-order chi connectivity index (χ1) is 9.86. The van der Waals surface area contributed by atoms with Gasteiger partial charge in [-0.3, -0.25) is 9.59 Å².